The van der Waals surface area contributed by atoms with Gasteiger partial charge in [-0.25, -0.2) is 0 Å². The normalized spacial score (nSPS) is 10.0. The topological polar surface area (TPSA) is 63.2 Å². The van der Waals surface area contributed by atoms with Gasteiger partial charge in [0.25, 0.3) is 5.91 Å². The minimum atomic E-state index is -0.225. The van der Waals surface area contributed by atoms with E-state index in [1.54, 1.807) is 30.5 Å². The van der Waals surface area contributed by atoms with Crippen LogP contribution in [0, 0.1) is 0 Å². The van der Waals surface area contributed by atoms with Crippen molar-refractivity contribution in [2.45, 2.75) is 0 Å². The average molecular weight is 345 g/mol. The summed E-state index contributed by atoms with van der Waals surface area (Å²) >= 11 is 0. The second-order valence-electron chi connectivity index (χ2n) is 5.53. The van der Waals surface area contributed by atoms with E-state index in [0.29, 0.717) is 23.5 Å². The van der Waals surface area contributed by atoms with Gasteiger partial charge >= 0.3 is 0 Å². The van der Waals surface area contributed by atoms with Gasteiger partial charge in [-0.3, -0.25) is 9.78 Å². The van der Waals surface area contributed by atoms with E-state index < -0.39 is 0 Å². The molecular weight excluding hydrogens is 326 g/mol. The van der Waals surface area contributed by atoms with Crippen LogP contribution in [0.1, 0.15) is 10.4 Å². The number of pyridine rings is 1. The molecule has 0 radical (unpaired) electrons. The molecule has 1 heterocycles. The van der Waals surface area contributed by atoms with Crippen LogP contribution >= 0.6 is 0 Å². The molecule has 0 atom stereocenters. The predicted molar refractivity (Wildman–Crippen MR) is 104 cm³/mol. The Labute approximate surface area is 152 Å². The van der Waals surface area contributed by atoms with Crippen molar-refractivity contribution in [1.82, 2.24) is 4.98 Å². The summed E-state index contributed by atoms with van der Waals surface area (Å²) in [4.78, 5) is 16.5. The molecule has 0 aliphatic rings. The summed E-state index contributed by atoms with van der Waals surface area (Å²) in [6.45, 7) is 4.26. The molecular formula is C21H19N3O2. The molecule has 0 aliphatic carbocycles. The summed E-state index contributed by atoms with van der Waals surface area (Å²) in [5.74, 6) is 1.24. The molecule has 1 amide bonds. The number of aromatic nitrogens is 1. The molecule has 0 spiro atoms. The van der Waals surface area contributed by atoms with E-state index in [1.807, 2.05) is 42.5 Å². The Morgan fingerprint density at radius 1 is 1.00 bits per heavy atom. The Bertz CT molecular complexity index is 877. The summed E-state index contributed by atoms with van der Waals surface area (Å²) < 4.78 is 5.74. The summed E-state index contributed by atoms with van der Waals surface area (Å²) in [6.07, 6.45) is 4.93. The average Bonchev–Trinajstić information content (AvgIpc) is 2.69. The number of nitrogens with one attached hydrogen (secondary N) is 2. The molecule has 3 rings (SSSR count). The Morgan fingerprint density at radius 2 is 1.73 bits per heavy atom. The maximum Gasteiger partial charge on any atom is 0.257 e. The van der Waals surface area contributed by atoms with Gasteiger partial charge < -0.3 is 15.4 Å². The van der Waals surface area contributed by atoms with Crippen molar-refractivity contribution in [3.8, 4) is 11.5 Å². The molecule has 2 aromatic carbocycles. The molecule has 130 valence electrons. The van der Waals surface area contributed by atoms with E-state index >= 15 is 0 Å². The fourth-order valence-corrected chi connectivity index (χ4v) is 2.28. The van der Waals surface area contributed by atoms with Crippen LogP contribution in [-0.2, 0) is 0 Å². The number of ether oxygens (including phenoxy) is 1. The molecule has 0 aliphatic heterocycles. The molecule has 26 heavy (non-hydrogen) atoms. The van der Waals surface area contributed by atoms with Gasteiger partial charge in [0.1, 0.15) is 11.5 Å². The molecule has 1 aromatic heterocycles. The number of carbonyl (C=O) groups excluding carboxylic acids is 1. The lowest BCUT2D eigenvalue weighted by molar-refractivity contribution is 0.102. The molecule has 3 aromatic rings. The first-order chi connectivity index (χ1) is 12.7. The van der Waals surface area contributed by atoms with Crippen molar-refractivity contribution in [2.75, 3.05) is 17.2 Å². The highest BCUT2D eigenvalue weighted by molar-refractivity contribution is 6.04. The third-order valence-corrected chi connectivity index (χ3v) is 3.54. The van der Waals surface area contributed by atoms with Gasteiger partial charge in [-0.1, -0.05) is 24.3 Å². The van der Waals surface area contributed by atoms with Crippen LogP contribution in [0.15, 0.2) is 85.7 Å². The van der Waals surface area contributed by atoms with E-state index in [-0.39, 0.29) is 5.91 Å². The Kier molecular flexibility index (Phi) is 5.62. The zero-order chi connectivity index (χ0) is 18.2. The van der Waals surface area contributed by atoms with Crippen molar-refractivity contribution < 1.29 is 9.53 Å². The molecule has 0 bridgehead atoms. The van der Waals surface area contributed by atoms with E-state index in [9.17, 15) is 4.79 Å². The van der Waals surface area contributed by atoms with Crippen molar-refractivity contribution in [2.24, 2.45) is 0 Å². The second-order valence-corrected chi connectivity index (χ2v) is 5.53. The number of hydrogen-bond donors (Lipinski definition) is 2. The number of carbonyl (C=O) groups is 1. The highest BCUT2D eigenvalue weighted by atomic mass is 16.5. The third-order valence-electron chi connectivity index (χ3n) is 3.54. The van der Waals surface area contributed by atoms with Crippen LogP contribution in [0.2, 0.25) is 0 Å². The first-order valence-electron chi connectivity index (χ1n) is 8.19. The largest absolute Gasteiger partial charge is 0.457 e. The van der Waals surface area contributed by atoms with Crippen molar-refractivity contribution in [3.05, 3.63) is 91.3 Å². The summed E-state index contributed by atoms with van der Waals surface area (Å²) in [5.41, 5.74) is 1.92. The van der Waals surface area contributed by atoms with E-state index in [2.05, 4.69) is 22.2 Å². The Balaban J connectivity index is 1.63. The van der Waals surface area contributed by atoms with Gasteiger partial charge in [0.15, 0.2) is 0 Å². The minimum Gasteiger partial charge on any atom is -0.457 e. The first kappa shape index (κ1) is 17.2. The molecule has 0 saturated carbocycles. The number of rotatable bonds is 7. The SMILES string of the molecule is C=CCNc1cncc(C(=O)Nc2ccc(Oc3ccccc3)cc2)c1. The maximum absolute atomic E-state index is 12.4. The van der Waals surface area contributed by atoms with Crippen LogP contribution in [0.3, 0.4) is 0 Å². The quantitative estimate of drug-likeness (QED) is 0.608. The number of nitrogens with zero attached hydrogens (tertiary/aromatic N) is 1. The third kappa shape index (κ3) is 4.70. The van der Waals surface area contributed by atoms with Crippen LogP contribution in [0.5, 0.6) is 11.5 Å². The van der Waals surface area contributed by atoms with Gasteiger partial charge in [-0.2, -0.15) is 0 Å². The van der Waals surface area contributed by atoms with Crippen molar-refractivity contribution >= 4 is 17.3 Å². The van der Waals surface area contributed by atoms with E-state index in [4.69, 9.17) is 4.74 Å². The fraction of sp³-hybridized carbons (Fsp3) is 0.0476. The molecule has 5 heteroatoms. The van der Waals surface area contributed by atoms with E-state index in [1.165, 1.54) is 6.20 Å². The number of para-hydroxylation sites is 1. The molecule has 0 saturated heterocycles. The van der Waals surface area contributed by atoms with E-state index in [0.717, 1.165) is 11.4 Å². The molecule has 0 fully saturated rings. The van der Waals surface area contributed by atoms with Gasteiger partial charge in [0, 0.05) is 24.6 Å². The first-order valence-corrected chi connectivity index (χ1v) is 8.19. The molecule has 0 unspecified atom stereocenters. The lowest BCUT2D eigenvalue weighted by Crippen LogP contribution is -2.12. The zero-order valence-electron chi connectivity index (χ0n) is 14.2. The second kappa shape index (κ2) is 8.48. The highest BCUT2D eigenvalue weighted by Gasteiger charge is 2.08. The van der Waals surface area contributed by atoms with Gasteiger partial charge in [0.05, 0.1) is 11.3 Å². The van der Waals surface area contributed by atoms with Crippen LogP contribution in [0.4, 0.5) is 11.4 Å². The van der Waals surface area contributed by atoms with Crippen LogP contribution in [-0.4, -0.2) is 17.4 Å². The van der Waals surface area contributed by atoms with Gasteiger partial charge in [-0.15, -0.1) is 6.58 Å². The predicted octanol–water partition coefficient (Wildman–Crippen LogP) is 4.72. The maximum atomic E-state index is 12.4. The summed E-state index contributed by atoms with van der Waals surface area (Å²) in [7, 11) is 0. The lowest BCUT2D eigenvalue weighted by Gasteiger charge is -2.09. The summed E-state index contributed by atoms with van der Waals surface area (Å²) in [6, 6.07) is 18.5. The van der Waals surface area contributed by atoms with Gasteiger partial charge in [-0.05, 0) is 42.5 Å². The lowest BCUT2D eigenvalue weighted by atomic mass is 10.2. The number of anilines is 2. The Morgan fingerprint density at radius 3 is 2.46 bits per heavy atom. The smallest absolute Gasteiger partial charge is 0.257 e. The Hall–Kier alpha value is -3.60. The molecule has 2 N–H and O–H groups in total. The van der Waals surface area contributed by atoms with Crippen molar-refractivity contribution in [3.63, 3.8) is 0 Å². The standard InChI is InChI=1S/C21H19N3O2/c1-2-12-23-18-13-16(14-22-15-18)21(25)24-17-8-10-20(11-9-17)26-19-6-4-3-5-7-19/h2-11,13-15,23H,1,12H2,(H,24,25). The zero-order valence-corrected chi connectivity index (χ0v) is 14.2. The van der Waals surface area contributed by atoms with Gasteiger partial charge in [0.2, 0.25) is 0 Å². The van der Waals surface area contributed by atoms with Crippen molar-refractivity contribution in [1.29, 1.82) is 0 Å². The highest BCUT2D eigenvalue weighted by Crippen LogP contribution is 2.23. The van der Waals surface area contributed by atoms with Crippen LogP contribution in [0.25, 0.3) is 0 Å². The number of benzene rings is 2. The number of hydrogen-bond acceptors (Lipinski definition) is 4. The summed E-state index contributed by atoms with van der Waals surface area (Å²) in [5, 5.41) is 5.96. The fourth-order valence-electron chi connectivity index (χ4n) is 2.28. The van der Waals surface area contributed by atoms with Crippen LogP contribution < -0.4 is 15.4 Å². The minimum absolute atomic E-state index is 0.225. The monoisotopic (exact) mass is 345 g/mol. The molecule has 5 nitrogen and oxygen atoms in total. The number of amides is 1.